The largest absolute Gasteiger partial charge is 0.465 e. The molecule has 4 rings (SSSR count). The highest BCUT2D eigenvalue weighted by Gasteiger charge is 2.14. The van der Waals surface area contributed by atoms with Gasteiger partial charge in [-0.25, -0.2) is 0 Å². The van der Waals surface area contributed by atoms with Crippen LogP contribution in [-0.2, 0) is 16.1 Å². The second kappa shape index (κ2) is 9.93. The molecule has 0 saturated carbocycles. The van der Waals surface area contributed by atoms with Crippen molar-refractivity contribution in [1.29, 1.82) is 0 Å². The maximum absolute atomic E-state index is 13.0. The van der Waals surface area contributed by atoms with Gasteiger partial charge in [-0.3, -0.25) is 9.59 Å². The van der Waals surface area contributed by atoms with E-state index in [2.05, 4.69) is 20.9 Å². The molecule has 8 heteroatoms. The van der Waals surface area contributed by atoms with Gasteiger partial charge in [0, 0.05) is 10.0 Å². The number of amides is 1. The predicted octanol–water partition coefficient (Wildman–Crippen LogP) is 5.56. The summed E-state index contributed by atoms with van der Waals surface area (Å²) in [7, 11) is 0. The van der Waals surface area contributed by atoms with Crippen LogP contribution in [0.15, 0.2) is 82.3 Å². The van der Waals surface area contributed by atoms with Gasteiger partial charge in [0.2, 0.25) is 0 Å². The van der Waals surface area contributed by atoms with Crippen LogP contribution in [0.4, 0.5) is 0 Å². The normalized spacial score (nSPS) is 11.5. The molecule has 0 saturated heterocycles. The zero-order chi connectivity index (χ0) is 22.5. The average Bonchev–Trinajstić information content (AvgIpc) is 3.10. The van der Waals surface area contributed by atoms with Gasteiger partial charge in [0.15, 0.2) is 4.80 Å². The number of para-hydroxylation sites is 1. The number of esters is 1. The Labute approximate surface area is 196 Å². The SMILES string of the molecule is CCOC(=O)Cn1c(=NC(=O)c2cccc(Oc3ccccc3)c2)sc2cc(Br)ccc21. The molecule has 0 unspecified atom stereocenters. The highest BCUT2D eigenvalue weighted by Crippen LogP contribution is 2.24. The molecule has 0 spiro atoms. The molecule has 162 valence electrons. The van der Waals surface area contributed by atoms with Crippen molar-refractivity contribution in [3.8, 4) is 11.5 Å². The van der Waals surface area contributed by atoms with Crippen molar-refractivity contribution in [3.05, 3.63) is 87.6 Å². The van der Waals surface area contributed by atoms with Gasteiger partial charge in [-0.15, -0.1) is 0 Å². The summed E-state index contributed by atoms with van der Waals surface area (Å²) in [5.41, 5.74) is 1.19. The number of thiazole rings is 1. The summed E-state index contributed by atoms with van der Waals surface area (Å²) in [6, 6.07) is 21.9. The average molecular weight is 511 g/mol. The number of benzene rings is 3. The van der Waals surface area contributed by atoms with Crippen LogP contribution >= 0.6 is 27.3 Å². The maximum Gasteiger partial charge on any atom is 0.326 e. The molecule has 0 aliphatic carbocycles. The van der Waals surface area contributed by atoms with E-state index < -0.39 is 5.91 Å². The summed E-state index contributed by atoms with van der Waals surface area (Å²) >= 11 is 4.79. The van der Waals surface area contributed by atoms with Crippen molar-refractivity contribution < 1.29 is 19.1 Å². The number of hydrogen-bond acceptors (Lipinski definition) is 5. The first-order valence-electron chi connectivity index (χ1n) is 9.90. The Morgan fingerprint density at radius 3 is 2.56 bits per heavy atom. The zero-order valence-corrected chi connectivity index (χ0v) is 19.6. The number of carbonyl (C=O) groups excluding carboxylic acids is 2. The van der Waals surface area contributed by atoms with Crippen molar-refractivity contribution in [2.45, 2.75) is 13.5 Å². The second-order valence-corrected chi connectivity index (χ2v) is 8.67. The van der Waals surface area contributed by atoms with E-state index in [0.717, 1.165) is 14.7 Å². The van der Waals surface area contributed by atoms with E-state index in [0.29, 0.717) is 21.9 Å². The number of halogens is 1. The lowest BCUT2D eigenvalue weighted by Crippen LogP contribution is -2.23. The van der Waals surface area contributed by atoms with Gasteiger partial charge in [-0.05, 0) is 55.5 Å². The number of nitrogens with zero attached hydrogens (tertiary/aromatic N) is 2. The van der Waals surface area contributed by atoms with Crippen LogP contribution in [0, 0.1) is 0 Å². The van der Waals surface area contributed by atoms with Crippen LogP contribution in [0.5, 0.6) is 11.5 Å². The molecule has 0 bridgehead atoms. The van der Waals surface area contributed by atoms with Crippen molar-refractivity contribution in [3.63, 3.8) is 0 Å². The van der Waals surface area contributed by atoms with Crippen molar-refractivity contribution in [2.75, 3.05) is 6.61 Å². The van der Waals surface area contributed by atoms with Gasteiger partial charge < -0.3 is 14.0 Å². The molecular formula is C24H19BrN2O4S. The molecule has 4 aromatic rings. The summed E-state index contributed by atoms with van der Waals surface area (Å²) in [6.45, 7) is 2.01. The molecule has 1 amide bonds. The Morgan fingerprint density at radius 2 is 1.78 bits per heavy atom. The molecule has 0 N–H and O–H groups in total. The lowest BCUT2D eigenvalue weighted by molar-refractivity contribution is -0.143. The third kappa shape index (κ3) is 5.15. The minimum absolute atomic E-state index is 0.0290. The Hall–Kier alpha value is -3.23. The molecule has 0 aliphatic heterocycles. The van der Waals surface area contributed by atoms with Crippen molar-refractivity contribution >= 4 is 49.4 Å². The molecule has 6 nitrogen and oxygen atoms in total. The number of hydrogen-bond donors (Lipinski definition) is 0. The highest BCUT2D eigenvalue weighted by atomic mass is 79.9. The Balaban J connectivity index is 1.70. The van der Waals surface area contributed by atoms with Gasteiger partial charge >= 0.3 is 5.97 Å². The van der Waals surface area contributed by atoms with E-state index in [1.165, 1.54) is 11.3 Å². The van der Waals surface area contributed by atoms with Crippen LogP contribution in [0.2, 0.25) is 0 Å². The predicted molar refractivity (Wildman–Crippen MR) is 127 cm³/mol. The van der Waals surface area contributed by atoms with Gasteiger partial charge in [-0.2, -0.15) is 4.99 Å². The van der Waals surface area contributed by atoms with Gasteiger partial charge in [0.25, 0.3) is 5.91 Å². The minimum Gasteiger partial charge on any atom is -0.465 e. The molecular weight excluding hydrogens is 492 g/mol. The summed E-state index contributed by atoms with van der Waals surface area (Å²) in [4.78, 5) is 29.9. The maximum atomic E-state index is 13.0. The summed E-state index contributed by atoms with van der Waals surface area (Å²) in [5, 5.41) is 0. The summed E-state index contributed by atoms with van der Waals surface area (Å²) in [5.74, 6) is 0.405. The van der Waals surface area contributed by atoms with E-state index in [9.17, 15) is 9.59 Å². The number of rotatable bonds is 6. The van der Waals surface area contributed by atoms with Gasteiger partial charge in [0.1, 0.15) is 18.0 Å². The fourth-order valence-corrected chi connectivity index (χ4v) is 4.67. The molecule has 0 aliphatic rings. The zero-order valence-electron chi connectivity index (χ0n) is 17.2. The molecule has 1 heterocycles. The quantitative estimate of drug-likeness (QED) is 0.318. The third-order valence-corrected chi connectivity index (χ3v) is 6.03. The third-order valence-electron chi connectivity index (χ3n) is 4.49. The van der Waals surface area contributed by atoms with E-state index in [-0.39, 0.29) is 19.1 Å². The molecule has 0 fully saturated rings. The van der Waals surface area contributed by atoms with Gasteiger partial charge in [0.05, 0.1) is 16.8 Å². The number of aromatic nitrogens is 1. The first-order valence-corrected chi connectivity index (χ1v) is 11.5. The number of fused-ring (bicyclic) bond motifs is 1. The lowest BCUT2D eigenvalue weighted by atomic mass is 10.2. The summed E-state index contributed by atoms with van der Waals surface area (Å²) in [6.07, 6.45) is 0. The topological polar surface area (TPSA) is 69.9 Å². The van der Waals surface area contributed by atoms with E-state index in [1.807, 2.05) is 48.5 Å². The standard InChI is InChI=1S/C24H19BrN2O4S/c1-2-30-22(28)15-27-20-12-11-17(25)14-21(20)32-24(27)26-23(29)16-7-6-10-19(13-16)31-18-8-4-3-5-9-18/h3-14H,2,15H2,1H3. The molecule has 1 aromatic heterocycles. The van der Waals surface area contributed by atoms with E-state index >= 15 is 0 Å². The van der Waals surface area contributed by atoms with E-state index in [1.54, 1.807) is 35.8 Å². The Bertz CT molecular complexity index is 1350. The molecule has 32 heavy (non-hydrogen) atoms. The number of ether oxygens (including phenoxy) is 2. The van der Waals surface area contributed by atoms with E-state index in [4.69, 9.17) is 9.47 Å². The molecule has 0 radical (unpaired) electrons. The van der Waals surface area contributed by atoms with Crippen LogP contribution in [0.25, 0.3) is 10.2 Å². The highest BCUT2D eigenvalue weighted by molar-refractivity contribution is 9.10. The fourth-order valence-electron chi connectivity index (χ4n) is 3.09. The Kier molecular flexibility index (Phi) is 6.82. The first kappa shape index (κ1) is 22.0. The molecule has 3 aromatic carbocycles. The van der Waals surface area contributed by atoms with Crippen LogP contribution in [-0.4, -0.2) is 23.1 Å². The first-order chi connectivity index (χ1) is 15.5. The molecule has 0 atom stereocenters. The van der Waals surface area contributed by atoms with Crippen LogP contribution in [0.3, 0.4) is 0 Å². The Morgan fingerprint density at radius 1 is 1.00 bits per heavy atom. The van der Waals surface area contributed by atoms with Crippen molar-refractivity contribution in [1.82, 2.24) is 4.57 Å². The number of carbonyl (C=O) groups is 2. The lowest BCUT2D eigenvalue weighted by Gasteiger charge is -2.06. The summed E-state index contributed by atoms with van der Waals surface area (Å²) < 4.78 is 14.4. The second-order valence-electron chi connectivity index (χ2n) is 6.75. The van der Waals surface area contributed by atoms with Crippen molar-refractivity contribution in [2.24, 2.45) is 4.99 Å². The minimum atomic E-state index is -0.424. The van der Waals surface area contributed by atoms with Gasteiger partial charge in [-0.1, -0.05) is 51.5 Å². The fraction of sp³-hybridized carbons (Fsp3) is 0.125. The van der Waals surface area contributed by atoms with Crippen LogP contribution < -0.4 is 9.54 Å². The van der Waals surface area contributed by atoms with Crippen LogP contribution in [0.1, 0.15) is 17.3 Å². The monoisotopic (exact) mass is 510 g/mol. The smallest absolute Gasteiger partial charge is 0.326 e.